The van der Waals surface area contributed by atoms with Gasteiger partial charge in [0.15, 0.2) is 23.0 Å². The van der Waals surface area contributed by atoms with Gasteiger partial charge in [-0.2, -0.15) is 0 Å². The van der Waals surface area contributed by atoms with Crippen LogP contribution >= 0.6 is 0 Å². The third-order valence-electron chi connectivity index (χ3n) is 5.44. The molecule has 0 aromatic heterocycles. The minimum absolute atomic E-state index is 0.838. The van der Waals surface area contributed by atoms with Gasteiger partial charge in [-0.05, 0) is 48.5 Å². The van der Waals surface area contributed by atoms with E-state index in [0.717, 1.165) is 51.4 Å². The van der Waals surface area contributed by atoms with E-state index in [9.17, 15) is 0 Å². The number of para-hydroxylation sites is 6. The van der Waals surface area contributed by atoms with E-state index in [1.165, 1.54) is 0 Å². The van der Waals surface area contributed by atoms with Crippen molar-refractivity contribution in [3.8, 4) is 23.0 Å². The first kappa shape index (κ1) is 16.1. The molecular weight excluding hydrogens is 360 g/mol. The fourth-order valence-corrected chi connectivity index (χ4v) is 4.05. The highest BCUT2D eigenvalue weighted by atomic mass is 16.5. The summed E-state index contributed by atoms with van der Waals surface area (Å²) in [5.74, 6) is 3.38. The van der Waals surface area contributed by atoms with E-state index in [1.54, 1.807) is 0 Å². The molecule has 29 heavy (non-hydrogen) atoms. The Labute approximate surface area is 169 Å². The summed E-state index contributed by atoms with van der Waals surface area (Å²) in [4.78, 5) is 4.39. The second-order valence-electron chi connectivity index (χ2n) is 7.15. The highest BCUT2D eigenvalue weighted by molar-refractivity contribution is 5.88. The zero-order chi connectivity index (χ0) is 19.4. The van der Waals surface area contributed by atoms with Crippen LogP contribution in [0.15, 0.2) is 91.0 Å². The lowest BCUT2D eigenvalue weighted by Gasteiger charge is -2.34. The highest BCUT2D eigenvalue weighted by Crippen LogP contribution is 2.52. The Bertz CT molecular complexity index is 1210. The number of fused-ring (bicyclic) bond motifs is 4. The van der Waals surface area contributed by atoms with Gasteiger partial charge in [-0.3, -0.25) is 0 Å². The highest BCUT2D eigenvalue weighted by Gasteiger charge is 2.27. The maximum Gasteiger partial charge on any atom is 0.153 e. The molecular formula is C25H18N2O2. The molecule has 0 aliphatic carbocycles. The van der Waals surface area contributed by atoms with Crippen LogP contribution in [0.25, 0.3) is 0 Å². The van der Waals surface area contributed by atoms with Gasteiger partial charge in [0.2, 0.25) is 0 Å². The summed E-state index contributed by atoms with van der Waals surface area (Å²) in [6.07, 6.45) is 0. The van der Waals surface area contributed by atoms with Gasteiger partial charge in [-0.1, -0.05) is 36.4 Å². The van der Waals surface area contributed by atoms with E-state index >= 15 is 0 Å². The number of hydrogen-bond acceptors (Lipinski definition) is 4. The normalized spacial score (nSPS) is 13.4. The van der Waals surface area contributed by atoms with Crippen molar-refractivity contribution in [3.05, 3.63) is 91.0 Å². The molecule has 0 saturated carbocycles. The van der Waals surface area contributed by atoms with Crippen molar-refractivity contribution in [2.45, 2.75) is 0 Å². The van der Waals surface area contributed by atoms with Gasteiger partial charge in [0.1, 0.15) is 0 Å². The average Bonchev–Trinajstić information content (AvgIpc) is 2.77. The number of rotatable bonds is 1. The van der Waals surface area contributed by atoms with Gasteiger partial charge < -0.3 is 19.3 Å². The van der Waals surface area contributed by atoms with Crippen LogP contribution in [0.5, 0.6) is 23.0 Å². The molecule has 0 spiro atoms. The Morgan fingerprint density at radius 3 is 1.66 bits per heavy atom. The second kappa shape index (κ2) is 6.04. The Kier molecular flexibility index (Phi) is 3.35. The summed E-state index contributed by atoms with van der Waals surface area (Å²) in [5.41, 5.74) is 5.16. The average molecular weight is 378 g/mol. The summed E-state index contributed by atoms with van der Waals surface area (Å²) in [6.45, 7) is 0. The van der Waals surface area contributed by atoms with Crippen LogP contribution in [0.2, 0.25) is 0 Å². The van der Waals surface area contributed by atoms with Crippen molar-refractivity contribution in [2.75, 3.05) is 16.8 Å². The molecule has 2 aliphatic heterocycles. The molecule has 2 heterocycles. The van der Waals surface area contributed by atoms with E-state index in [4.69, 9.17) is 9.47 Å². The lowest BCUT2D eigenvalue weighted by molar-refractivity contribution is 0.473. The molecule has 4 aromatic carbocycles. The van der Waals surface area contributed by atoms with Gasteiger partial charge >= 0.3 is 0 Å². The molecule has 0 atom stereocenters. The minimum atomic E-state index is 0.838. The molecule has 0 N–H and O–H groups in total. The van der Waals surface area contributed by atoms with Crippen molar-refractivity contribution >= 4 is 28.4 Å². The molecule has 4 aromatic rings. The fraction of sp³-hybridized carbons (Fsp3) is 0.0400. The van der Waals surface area contributed by atoms with E-state index in [1.807, 2.05) is 54.6 Å². The summed E-state index contributed by atoms with van der Waals surface area (Å²) in [7, 11) is 2.07. The van der Waals surface area contributed by atoms with Gasteiger partial charge in [0.25, 0.3) is 0 Å². The molecule has 6 rings (SSSR count). The van der Waals surface area contributed by atoms with Crippen LogP contribution in [0, 0.1) is 0 Å². The van der Waals surface area contributed by atoms with E-state index in [0.29, 0.717) is 0 Å². The number of nitrogens with zero attached hydrogens (tertiary/aromatic N) is 2. The number of ether oxygens (including phenoxy) is 2. The van der Waals surface area contributed by atoms with Crippen molar-refractivity contribution in [1.82, 2.24) is 0 Å². The Morgan fingerprint density at radius 1 is 0.517 bits per heavy atom. The minimum Gasteiger partial charge on any atom is -0.453 e. The third kappa shape index (κ3) is 2.39. The Hall–Kier alpha value is -3.92. The largest absolute Gasteiger partial charge is 0.453 e. The molecule has 4 heteroatoms. The predicted octanol–water partition coefficient (Wildman–Crippen LogP) is 7.14. The van der Waals surface area contributed by atoms with Crippen molar-refractivity contribution < 1.29 is 9.47 Å². The van der Waals surface area contributed by atoms with E-state index in [2.05, 4.69) is 53.2 Å². The predicted molar refractivity (Wildman–Crippen MR) is 116 cm³/mol. The first-order valence-corrected chi connectivity index (χ1v) is 9.60. The standard InChI is InChI=1S/C25H18N2O2/c1-26-18-8-2-5-11-22(18)29-25-16-17(14-15-19(25)26)27-20-9-3-6-12-23(20)28-24-13-7-4-10-21(24)27/h2-16H,1H3. The van der Waals surface area contributed by atoms with Gasteiger partial charge in [0, 0.05) is 13.1 Å². The van der Waals surface area contributed by atoms with Crippen LogP contribution < -0.4 is 19.3 Å². The van der Waals surface area contributed by atoms with E-state index in [-0.39, 0.29) is 0 Å². The lowest BCUT2D eigenvalue weighted by Crippen LogP contribution is -2.18. The lowest BCUT2D eigenvalue weighted by atomic mass is 10.1. The zero-order valence-electron chi connectivity index (χ0n) is 15.9. The SMILES string of the molecule is CN1c2ccccc2Oc2cc(N3c4ccccc4Oc4ccccc43)ccc21. The molecule has 0 bridgehead atoms. The quantitative estimate of drug-likeness (QED) is 0.310. The second-order valence-corrected chi connectivity index (χ2v) is 7.15. The zero-order valence-corrected chi connectivity index (χ0v) is 15.9. The van der Waals surface area contributed by atoms with Crippen LogP contribution in [-0.2, 0) is 0 Å². The summed E-state index contributed by atoms with van der Waals surface area (Å²) in [5, 5.41) is 0. The third-order valence-corrected chi connectivity index (χ3v) is 5.44. The molecule has 4 nitrogen and oxygen atoms in total. The smallest absolute Gasteiger partial charge is 0.153 e. The maximum atomic E-state index is 6.26. The number of benzene rings is 4. The van der Waals surface area contributed by atoms with Crippen molar-refractivity contribution in [2.24, 2.45) is 0 Å². The van der Waals surface area contributed by atoms with Crippen LogP contribution in [-0.4, -0.2) is 7.05 Å². The molecule has 2 aliphatic rings. The van der Waals surface area contributed by atoms with Gasteiger partial charge in [0.05, 0.1) is 28.4 Å². The maximum absolute atomic E-state index is 6.26. The monoisotopic (exact) mass is 378 g/mol. The summed E-state index contributed by atoms with van der Waals surface area (Å²) < 4.78 is 12.4. The molecule has 0 amide bonds. The first-order valence-electron chi connectivity index (χ1n) is 9.60. The van der Waals surface area contributed by atoms with Crippen molar-refractivity contribution in [1.29, 1.82) is 0 Å². The molecule has 0 fully saturated rings. The molecule has 0 radical (unpaired) electrons. The summed E-state index contributed by atoms with van der Waals surface area (Å²) in [6, 6.07) is 30.6. The van der Waals surface area contributed by atoms with Crippen LogP contribution in [0.4, 0.5) is 28.4 Å². The number of anilines is 5. The van der Waals surface area contributed by atoms with Gasteiger partial charge in [-0.25, -0.2) is 0 Å². The molecule has 0 saturated heterocycles. The van der Waals surface area contributed by atoms with Gasteiger partial charge in [-0.15, -0.1) is 0 Å². The van der Waals surface area contributed by atoms with E-state index < -0.39 is 0 Å². The topological polar surface area (TPSA) is 24.9 Å². The van der Waals surface area contributed by atoms with Crippen LogP contribution in [0.3, 0.4) is 0 Å². The first-order chi connectivity index (χ1) is 14.3. The molecule has 0 unspecified atom stereocenters. The fourth-order valence-electron chi connectivity index (χ4n) is 4.05. The summed E-state index contributed by atoms with van der Waals surface area (Å²) >= 11 is 0. The number of hydrogen-bond donors (Lipinski definition) is 0. The molecule has 140 valence electrons. The Morgan fingerprint density at radius 2 is 1.00 bits per heavy atom. The van der Waals surface area contributed by atoms with Crippen molar-refractivity contribution in [3.63, 3.8) is 0 Å². The van der Waals surface area contributed by atoms with Crippen LogP contribution in [0.1, 0.15) is 0 Å². The Balaban J connectivity index is 1.51.